The van der Waals surface area contributed by atoms with Gasteiger partial charge in [0.05, 0.1) is 11.7 Å². The molecule has 0 bridgehead atoms. The summed E-state index contributed by atoms with van der Waals surface area (Å²) in [6.45, 7) is 0.506. The highest BCUT2D eigenvalue weighted by Gasteiger charge is 2.26. The van der Waals surface area contributed by atoms with E-state index in [-0.39, 0.29) is 5.56 Å². The second-order valence-electron chi connectivity index (χ2n) is 3.58. The maximum atomic E-state index is 10.7. The van der Waals surface area contributed by atoms with Gasteiger partial charge in [0, 0.05) is 0 Å². The first-order valence-corrected chi connectivity index (χ1v) is 5.18. The minimum Gasteiger partial charge on any atom is -0.390 e. The van der Waals surface area contributed by atoms with Crippen molar-refractivity contribution in [3.63, 3.8) is 0 Å². The van der Waals surface area contributed by atoms with Crippen LogP contribution in [0.1, 0.15) is 18.1 Å². The van der Waals surface area contributed by atoms with Gasteiger partial charge in [-0.25, -0.2) is 0 Å². The number of aliphatic hydroxyl groups excluding tert-OH is 2. The lowest BCUT2D eigenvalue weighted by atomic mass is 10.0. The molecule has 0 aliphatic carbocycles. The van der Waals surface area contributed by atoms with Gasteiger partial charge in [-0.3, -0.25) is 0 Å². The van der Waals surface area contributed by atoms with Crippen LogP contribution in [-0.4, -0.2) is 39.8 Å². The van der Waals surface area contributed by atoms with Crippen molar-refractivity contribution in [2.45, 2.75) is 18.6 Å². The first-order valence-electron chi connectivity index (χ1n) is 5.18. The normalized spacial score (nSPS) is 14.3. The first-order chi connectivity index (χ1) is 8.07. The van der Waals surface area contributed by atoms with Crippen molar-refractivity contribution < 1.29 is 15.1 Å². The number of aromatic nitrogens is 1. The molecule has 1 aromatic rings. The Hall–Kier alpha value is -1.57. The summed E-state index contributed by atoms with van der Waals surface area (Å²) in [7, 11) is 1.71. The fourth-order valence-electron chi connectivity index (χ4n) is 1.45. The van der Waals surface area contributed by atoms with Crippen molar-refractivity contribution >= 4 is 5.82 Å². The predicted octanol–water partition coefficient (Wildman–Crippen LogP) is -0.00640. The number of nitrogens with zero attached hydrogens (tertiary/aromatic N) is 2. The molecule has 0 saturated carbocycles. The summed E-state index contributed by atoms with van der Waals surface area (Å²) < 4.78 is 0. The summed E-state index contributed by atoms with van der Waals surface area (Å²) in [6, 6.07) is 2.87. The summed E-state index contributed by atoms with van der Waals surface area (Å²) in [5.74, 6) is -0.427. The molecule has 2 unspecified atom stereocenters. The molecule has 1 rings (SSSR count). The molecule has 94 valence electrons. The molecule has 1 aromatic heterocycles. The van der Waals surface area contributed by atoms with E-state index in [1.54, 1.807) is 7.05 Å². The Labute approximate surface area is 98.3 Å². The molecule has 0 aliphatic rings. The van der Waals surface area contributed by atoms with Gasteiger partial charge < -0.3 is 25.6 Å². The summed E-state index contributed by atoms with van der Waals surface area (Å²) in [6.07, 6.45) is -0.805. The maximum Gasteiger partial charge on any atom is 0.369 e. The van der Waals surface area contributed by atoms with Crippen LogP contribution in [0, 0.1) is 10.1 Å². The van der Waals surface area contributed by atoms with Crippen LogP contribution >= 0.6 is 0 Å². The molecule has 7 nitrogen and oxygen atoms in total. The summed E-state index contributed by atoms with van der Waals surface area (Å²) in [4.78, 5) is 13.6. The van der Waals surface area contributed by atoms with Crippen LogP contribution in [-0.2, 0) is 0 Å². The lowest BCUT2D eigenvalue weighted by Gasteiger charge is -2.17. The van der Waals surface area contributed by atoms with Gasteiger partial charge in [0.25, 0.3) is 0 Å². The zero-order valence-electron chi connectivity index (χ0n) is 9.41. The van der Waals surface area contributed by atoms with Crippen LogP contribution in [0.2, 0.25) is 0 Å². The molecule has 0 amide bonds. The van der Waals surface area contributed by atoms with E-state index in [1.165, 1.54) is 18.3 Å². The van der Waals surface area contributed by atoms with E-state index < -0.39 is 22.9 Å². The number of aliphatic hydroxyl groups is 2. The van der Waals surface area contributed by atoms with E-state index in [9.17, 15) is 20.3 Å². The molecule has 17 heavy (non-hydrogen) atoms. The summed E-state index contributed by atoms with van der Waals surface area (Å²) >= 11 is 0. The molecule has 2 atom stereocenters. The highest BCUT2D eigenvalue weighted by Crippen LogP contribution is 2.25. The average molecular weight is 241 g/mol. The van der Waals surface area contributed by atoms with E-state index in [0.29, 0.717) is 13.0 Å². The van der Waals surface area contributed by atoms with E-state index in [4.69, 9.17) is 0 Å². The van der Waals surface area contributed by atoms with Gasteiger partial charge >= 0.3 is 5.82 Å². The highest BCUT2D eigenvalue weighted by atomic mass is 16.6. The van der Waals surface area contributed by atoms with Gasteiger partial charge in [-0.05, 0) is 42.1 Å². The topological polar surface area (TPSA) is 109 Å². The quantitative estimate of drug-likeness (QED) is 0.477. The Morgan fingerprint density at radius 3 is 2.88 bits per heavy atom. The lowest BCUT2D eigenvalue weighted by molar-refractivity contribution is -0.391. The monoisotopic (exact) mass is 241 g/mol. The number of nitro groups is 1. The fourth-order valence-corrected chi connectivity index (χ4v) is 1.45. The van der Waals surface area contributed by atoms with Crippen LogP contribution in [0.25, 0.3) is 0 Å². The standard InChI is InChI=1S/C10H15N3O4/c1-11-6-4-8(14)9(15)7-3-2-5-12-10(7)13(16)17/h2-3,5,8-9,11,14-15H,4,6H2,1H3. The van der Waals surface area contributed by atoms with Crippen molar-refractivity contribution in [1.82, 2.24) is 10.3 Å². The Morgan fingerprint density at radius 2 is 2.29 bits per heavy atom. The highest BCUT2D eigenvalue weighted by molar-refractivity contribution is 5.34. The van der Waals surface area contributed by atoms with Crippen LogP contribution in [0.5, 0.6) is 0 Å². The molecule has 1 heterocycles. The lowest BCUT2D eigenvalue weighted by Crippen LogP contribution is -2.24. The number of nitrogens with one attached hydrogen (secondary N) is 1. The van der Waals surface area contributed by atoms with Crippen molar-refractivity contribution in [3.8, 4) is 0 Å². The Kier molecular flexibility index (Phi) is 4.95. The number of hydrogen-bond acceptors (Lipinski definition) is 6. The minimum absolute atomic E-state index is 0.0288. The maximum absolute atomic E-state index is 10.7. The second kappa shape index (κ2) is 6.24. The third kappa shape index (κ3) is 3.45. The van der Waals surface area contributed by atoms with E-state index in [0.717, 1.165) is 0 Å². The molecule has 0 aromatic carbocycles. The van der Waals surface area contributed by atoms with Crippen molar-refractivity contribution in [1.29, 1.82) is 0 Å². The van der Waals surface area contributed by atoms with Gasteiger partial charge in [-0.2, -0.15) is 0 Å². The third-order valence-corrected chi connectivity index (χ3v) is 2.36. The van der Waals surface area contributed by atoms with Crippen molar-refractivity contribution in [2.75, 3.05) is 13.6 Å². The zero-order chi connectivity index (χ0) is 12.8. The predicted molar refractivity (Wildman–Crippen MR) is 60.4 cm³/mol. The molecule has 3 N–H and O–H groups in total. The fraction of sp³-hybridized carbons (Fsp3) is 0.500. The van der Waals surface area contributed by atoms with Gasteiger partial charge in [-0.1, -0.05) is 0 Å². The molecule has 0 radical (unpaired) electrons. The van der Waals surface area contributed by atoms with E-state index >= 15 is 0 Å². The van der Waals surface area contributed by atoms with Crippen LogP contribution in [0.3, 0.4) is 0 Å². The molecular formula is C10H15N3O4. The van der Waals surface area contributed by atoms with E-state index in [2.05, 4.69) is 10.3 Å². The molecule has 7 heteroatoms. The van der Waals surface area contributed by atoms with Gasteiger partial charge in [0.15, 0.2) is 0 Å². The van der Waals surface area contributed by atoms with Gasteiger partial charge in [-0.15, -0.1) is 0 Å². The molecule has 0 saturated heterocycles. The number of rotatable bonds is 6. The summed E-state index contributed by atoms with van der Waals surface area (Å²) in [5, 5.41) is 33.0. The van der Waals surface area contributed by atoms with Gasteiger partial charge in [0.1, 0.15) is 12.3 Å². The Bertz CT molecular complexity index is 386. The zero-order valence-corrected chi connectivity index (χ0v) is 9.41. The first kappa shape index (κ1) is 13.5. The molecular weight excluding hydrogens is 226 g/mol. The number of pyridine rings is 1. The molecule has 0 spiro atoms. The molecule has 0 aliphatic heterocycles. The van der Waals surface area contributed by atoms with Crippen molar-refractivity contribution in [3.05, 3.63) is 34.0 Å². The SMILES string of the molecule is CNCCC(O)C(O)c1cccnc1[N+](=O)[O-]. The average Bonchev–Trinajstić information content (AvgIpc) is 2.34. The molecule has 0 fully saturated rings. The third-order valence-electron chi connectivity index (χ3n) is 2.36. The minimum atomic E-state index is -1.31. The van der Waals surface area contributed by atoms with Gasteiger partial charge in [0.2, 0.25) is 0 Å². The Balaban J connectivity index is 2.87. The van der Waals surface area contributed by atoms with E-state index in [1.807, 2.05) is 0 Å². The largest absolute Gasteiger partial charge is 0.390 e. The number of hydrogen-bond donors (Lipinski definition) is 3. The van der Waals surface area contributed by atoms with Crippen LogP contribution < -0.4 is 5.32 Å². The smallest absolute Gasteiger partial charge is 0.369 e. The second-order valence-corrected chi connectivity index (χ2v) is 3.58. The van der Waals surface area contributed by atoms with Crippen LogP contribution in [0.4, 0.5) is 5.82 Å². The van der Waals surface area contributed by atoms with Crippen molar-refractivity contribution in [2.24, 2.45) is 0 Å². The Morgan fingerprint density at radius 1 is 1.59 bits per heavy atom. The van der Waals surface area contributed by atoms with Crippen LogP contribution in [0.15, 0.2) is 18.3 Å². The summed E-state index contributed by atoms with van der Waals surface area (Å²) in [5.41, 5.74) is 0.0288.